The molecule has 10 heteroatoms. The van der Waals surface area contributed by atoms with E-state index < -0.39 is 5.97 Å². The second kappa shape index (κ2) is 8.70. The lowest BCUT2D eigenvalue weighted by Gasteiger charge is -2.02. The number of Topliss-reactive ketones (excluding diaryl/α,β-unsaturated/α-hetero) is 1. The zero-order chi connectivity index (χ0) is 20.3. The van der Waals surface area contributed by atoms with Crippen LogP contribution in [0.2, 0.25) is 0 Å². The van der Waals surface area contributed by atoms with Crippen molar-refractivity contribution in [3.05, 3.63) is 44.5 Å². The number of ketones is 1. The molecule has 3 aromatic heterocycles. The molecule has 8 nitrogen and oxygen atoms in total. The van der Waals surface area contributed by atoms with Gasteiger partial charge in [-0.1, -0.05) is 11.8 Å². The summed E-state index contributed by atoms with van der Waals surface area (Å²) < 4.78 is 10.6. The summed E-state index contributed by atoms with van der Waals surface area (Å²) in [5.41, 5.74) is 2.91. The largest absolute Gasteiger partial charge is 0.461 e. The van der Waals surface area contributed by atoms with E-state index in [1.165, 1.54) is 11.8 Å². The highest BCUT2D eigenvalue weighted by molar-refractivity contribution is 7.99. The van der Waals surface area contributed by atoms with E-state index in [9.17, 15) is 9.59 Å². The molecule has 0 bridgehead atoms. The summed E-state index contributed by atoms with van der Waals surface area (Å²) in [6, 6.07) is 0. The summed E-state index contributed by atoms with van der Waals surface area (Å²) in [5, 5.41) is 11.2. The summed E-state index contributed by atoms with van der Waals surface area (Å²) in [6.07, 6.45) is 0.463. The minimum atomic E-state index is -0.464. The number of aromatic amines is 1. The van der Waals surface area contributed by atoms with E-state index in [-0.39, 0.29) is 18.1 Å². The normalized spacial score (nSPS) is 11.0. The van der Waals surface area contributed by atoms with Crippen molar-refractivity contribution in [3.8, 4) is 0 Å². The zero-order valence-corrected chi connectivity index (χ0v) is 17.6. The van der Waals surface area contributed by atoms with Crippen molar-refractivity contribution < 1.29 is 18.7 Å². The number of aryl methyl sites for hydroxylation is 2. The van der Waals surface area contributed by atoms with E-state index in [4.69, 9.17) is 9.15 Å². The molecule has 148 valence electrons. The summed E-state index contributed by atoms with van der Waals surface area (Å²) in [5.74, 6) is -0.00617. The lowest BCUT2D eigenvalue weighted by atomic mass is 10.1. The van der Waals surface area contributed by atoms with Crippen molar-refractivity contribution in [1.29, 1.82) is 0 Å². The minimum absolute atomic E-state index is 0.123. The third kappa shape index (κ3) is 4.50. The molecule has 0 atom stereocenters. The first-order valence-corrected chi connectivity index (χ1v) is 10.5. The fourth-order valence-electron chi connectivity index (χ4n) is 2.79. The summed E-state index contributed by atoms with van der Waals surface area (Å²) in [6.45, 7) is 7.44. The number of carbonyl (C=O) groups excluding carboxylic acids is 2. The predicted molar refractivity (Wildman–Crippen MR) is 105 cm³/mol. The topological polar surface area (TPSA) is 111 Å². The summed E-state index contributed by atoms with van der Waals surface area (Å²) in [4.78, 5) is 32.0. The minimum Gasteiger partial charge on any atom is -0.461 e. The van der Waals surface area contributed by atoms with Crippen molar-refractivity contribution in [2.75, 3.05) is 12.4 Å². The highest BCUT2D eigenvalue weighted by Gasteiger charge is 2.23. The SMILES string of the molecule is CCOC(=O)c1[nH]c(C)c(C(=O)CSc2nnc(Cc3csc(C)n3)o2)c1C. The molecule has 0 aliphatic rings. The molecule has 1 N–H and O–H groups in total. The van der Waals surface area contributed by atoms with Gasteiger partial charge >= 0.3 is 5.97 Å². The van der Waals surface area contributed by atoms with Gasteiger partial charge in [0, 0.05) is 16.6 Å². The third-order valence-corrected chi connectivity index (χ3v) is 5.61. The third-order valence-electron chi connectivity index (χ3n) is 3.97. The second-order valence-corrected chi connectivity index (χ2v) is 8.04. The Hall–Kier alpha value is -2.46. The molecule has 0 unspecified atom stereocenters. The molecule has 3 heterocycles. The monoisotopic (exact) mass is 420 g/mol. The Kier molecular flexibility index (Phi) is 6.30. The lowest BCUT2D eigenvalue weighted by Crippen LogP contribution is -2.08. The molecule has 0 aliphatic carbocycles. The van der Waals surface area contributed by atoms with Gasteiger partial charge in [-0.05, 0) is 33.3 Å². The fraction of sp³-hybridized carbons (Fsp3) is 0.389. The number of hydrogen-bond acceptors (Lipinski definition) is 9. The molecular weight excluding hydrogens is 400 g/mol. The molecule has 0 spiro atoms. The van der Waals surface area contributed by atoms with Gasteiger partial charge in [-0.2, -0.15) is 0 Å². The van der Waals surface area contributed by atoms with E-state index >= 15 is 0 Å². The van der Waals surface area contributed by atoms with Gasteiger partial charge in [0.25, 0.3) is 5.22 Å². The average molecular weight is 421 g/mol. The number of nitrogens with zero attached hydrogens (tertiary/aromatic N) is 3. The Bertz CT molecular complexity index is 1010. The molecule has 0 radical (unpaired) electrons. The average Bonchev–Trinajstić information content (AvgIpc) is 3.33. The Morgan fingerprint density at radius 2 is 2.07 bits per heavy atom. The van der Waals surface area contributed by atoms with E-state index in [2.05, 4.69) is 20.2 Å². The van der Waals surface area contributed by atoms with Crippen LogP contribution in [-0.4, -0.2) is 44.3 Å². The molecular formula is C18H20N4O4S2. The number of H-pyrrole nitrogens is 1. The van der Waals surface area contributed by atoms with Crippen LogP contribution in [0, 0.1) is 20.8 Å². The quantitative estimate of drug-likeness (QED) is 0.335. The van der Waals surface area contributed by atoms with Crippen molar-refractivity contribution in [1.82, 2.24) is 20.2 Å². The Morgan fingerprint density at radius 3 is 2.75 bits per heavy atom. The Labute approximate surface area is 170 Å². The maximum absolute atomic E-state index is 12.7. The van der Waals surface area contributed by atoms with Crippen molar-refractivity contribution in [2.24, 2.45) is 0 Å². The first kappa shape index (κ1) is 20.3. The van der Waals surface area contributed by atoms with E-state index in [0.717, 1.165) is 10.7 Å². The van der Waals surface area contributed by atoms with Crippen molar-refractivity contribution in [3.63, 3.8) is 0 Å². The van der Waals surface area contributed by atoms with Gasteiger partial charge in [0.15, 0.2) is 5.78 Å². The smallest absolute Gasteiger partial charge is 0.355 e. The predicted octanol–water partition coefficient (Wildman–Crippen LogP) is 3.52. The highest BCUT2D eigenvalue weighted by Crippen LogP contribution is 2.24. The first-order chi connectivity index (χ1) is 13.4. The zero-order valence-electron chi connectivity index (χ0n) is 16.0. The van der Waals surface area contributed by atoms with Crippen LogP contribution in [0.4, 0.5) is 0 Å². The van der Waals surface area contributed by atoms with E-state index in [1.807, 2.05) is 12.3 Å². The number of nitrogens with one attached hydrogen (secondary N) is 1. The van der Waals surface area contributed by atoms with Crippen LogP contribution in [0.5, 0.6) is 0 Å². The van der Waals surface area contributed by atoms with Gasteiger partial charge in [-0.15, -0.1) is 21.5 Å². The molecule has 0 aromatic carbocycles. The van der Waals surface area contributed by atoms with Crippen LogP contribution in [0.1, 0.15) is 55.6 Å². The van der Waals surface area contributed by atoms with Crippen molar-refractivity contribution >= 4 is 34.9 Å². The molecule has 0 saturated carbocycles. The molecule has 28 heavy (non-hydrogen) atoms. The van der Waals surface area contributed by atoms with Crippen LogP contribution in [0.15, 0.2) is 15.0 Å². The van der Waals surface area contributed by atoms with Crippen molar-refractivity contribution in [2.45, 2.75) is 39.3 Å². The number of thioether (sulfide) groups is 1. The van der Waals surface area contributed by atoms with Gasteiger partial charge in [0.1, 0.15) is 5.69 Å². The first-order valence-electron chi connectivity index (χ1n) is 8.64. The highest BCUT2D eigenvalue weighted by atomic mass is 32.2. The Morgan fingerprint density at radius 1 is 1.29 bits per heavy atom. The van der Waals surface area contributed by atoms with Gasteiger partial charge in [0.2, 0.25) is 5.89 Å². The second-order valence-electron chi connectivity index (χ2n) is 6.05. The maximum atomic E-state index is 12.7. The Balaban J connectivity index is 1.64. The fourth-order valence-corrected chi connectivity index (χ4v) is 4.05. The standard InChI is InChI=1S/C18H20N4O4S2/c1-5-25-17(24)16-9(2)15(10(3)19-16)13(23)8-28-18-22-21-14(26-18)6-12-7-27-11(4)20-12/h7,19H,5-6,8H2,1-4H3. The molecule has 0 saturated heterocycles. The van der Waals surface area contributed by atoms with E-state index in [0.29, 0.717) is 40.0 Å². The van der Waals surface area contributed by atoms with Crippen LogP contribution in [0.3, 0.4) is 0 Å². The number of aromatic nitrogens is 4. The number of rotatable bonds is 8. The van der Waals surface area contributed by atoms with Gasteiger partial charge in [-0.25, -0.2) is 9.78 Å². The number of esters is 1. The van der Waals surface area contributed by atoms with Crippen LogP contribution < -0.4 is 0 Å². The maximum Gasteiger partial charge on any atom is 0.355 e. The van der Waals surface area contributed by atoms with Crippen LogP contribution >= 0.6 is 23.1 Å². The van der Waals surface area contributed by atoms with E-state index in [1.54, 1.807) is 32.1 Å². The molecule has 0 fully saturated rings. The molecule has 3 rings (SSSR count). The van der Waals surface area contributed by atoms with Gasteiger partial charge < -0.3 is 14.1 Å². The molecule has 0 amide bonds. The molecule has 0 aliphatic heterocycles. The van der Waals surface area contributed by atoms with Gasteiger partial charge in [0.05, 0.1) is 29.5 Å². The summed E-state index contributed by atoms with van der Waals surface area (Å²) >= 11 is 2.73. The summed E-state index contributed by atoms with van der Waals surface area (Å²) in [7, 11) is 0. The number of carbonyl (C=O) groups is 2. The van der Waals surface area contributed by atoms with Crippen LogP contribution in [-0.2, 0) is 11.2 Å². The number of ether oxygens (including phenoxy) is 1. The molecule has 3 aromatic rings. The lowest BCUT2D eigenvalue weighted by molar-refractivity contribution is 0.0519. The number of thiazole rings is 1. The van der Waals surface area contributed by atoms with Gasteiger partial charge in [-0.3, -0.25) is 4.79 Å². The van der Waals surface area contributed by atoms with Crippen LogP contribution in [0.25, 0.3) is 0 Å². The number of hydrogen-bond donors (Lipinski definition) is 1.